The van der Waals surface area contributed by atoms with Crippen LogP contribution in [0.25, 0.3) is 5.52 Å². The molecule has 0 spiro atoms. The summed E-state index contributed by atoms with van der Waals surface area (Å²) in [6.45, 7) is 2.74. The second-order valence-corrected chi connectivity index (χ2v) is 16.5. The molecule has 0 amide bonds. The Morgan fingerprint density at radius 1 is 0.966 bits per heavy atom. The van der Waals surface area contributed by atoms with E-state index in [1.807, 2.05) is 6.07 Å². The van der Waals surface area contributed by atoms with Gasteiger partial charge in [-0.25, -0.2) is 18.5 Å². The highest BCUT2D eigenvalue weighted by Gasteiger charge is 2.57. The van der Waals surface area contributed by atoms with Gasteiger partial charge in [-0.3, -0.25) is 9.05 Å². The maximum atomic E-state index is 14.1. The molecular formula is C41H60FN6O9P. The lowest BCUT2D eigenvalue weighted by Gasteiger charge is -2.27. The molecule has 17 heteroatoms. The lowest BCUT2D eigenvalue weighted by molar-refractivity contribution is -0.0960. The van der Waals surface area contributed by atoms with Crippen molar-refractivity contribution in [1.29, 1.82) is 10.5 Å². The smallest absolute Gasteiger partial charge is 0.387 e. The van der Waals surface area contributed by atoms with E-state index in [4.69, 9.17) is 29.0 Å². The van der Waals surface area contributed by atoms with Crippen LogP contribution in [0.2, 0.25) is 0 Å². The first kappa shape index (κ1) is 47.1. The van der Waals surface area contributed by atoms with Gasteiger partial charge in [-0.15, -0.1) is 0 Å². The average molecular weight is 831 g/mol. The molecule has 1 fully saturated rings. The zero-order chi connectivity index (χ0) is 42.0. The molecule has 0 radical (unpaired) electrons. The second-order valence-electron chi connectivity index (χ2n) is 15.0. The summed E-state index contributed by atoms with van der Waals surface area (Å²) in [6, 6.07) is 10.6. The quantitative estimate of drug-likeness (QED) is 0.0414. The van der Waals surface area contributed by atoms with Crippen molar-refractivity contribution in [3.8, 4) is 12.1 Å². The number of nitrogen functional groups attached to an aromatic ring is 1. The van der Waals surface area contributed by atoms with E-state index in [1.165, 1.54) is 106 Å². The number of benzene rings is 1. The third-order valence-electron chi connectivity index (χ3n) is 10.5. The molecular weight excluding hydrogens is 770 g/mol. The van der Waals surface area contributed by atoms with Crippen molar-refractivity contribution in [2.75, 3.05) is 25.6 Å². The van der Waals surface area contributed by atoms with Crippen LogP contribution in [0.3, 0.4) is 0 Å². The van der Waals surface area contributed by atoms with Gasteiger partial charge in [0.1, 0.15) is 54.8 Å². The van der Waals surface area contributed by atoms with Gasteiger partial charge in [-0.05, 0) is 49.2 Å². The maximum Gasteiger partial charge on any atom is 0.472 e. The number of fused-ring (bicyclic) bond motifs is 1. The number of nitriles is 2. The molecule has 5 N–H and O–H groups in total. The van der Waals surface area contributed by atoms with E-state index in [-0.39, 0.29) is 23.7 Å². The number of aliphatic hydroxyl groups is 2. The first-order valence-corrected chi connectivity index (χ1v) is 22.0. The molecule has 1 aliphatic heterocycles. The molecule has 0 aliphatic carbocycles. The van der Waals surface area contributed by atoms with Gasteiger partial charge in [0.25, 0.3) is 0 Å². The predicted octanol–water partition coefficient (Wildman–Crippen LogP) is 7.37. The average Bonchev–Trinajstić information content (AvgIpc) is 3.75. The normalized spacial score (nSPS) is 21.4. The number of phosphoric acid groups is 1. The molecule has 1 aliphatic rings. The summed E-state index contributed by atoms with van der Waals surface area (Å²) in [5, 5.41) is 45.3. The van der Waals surface area contributed by atoms with Gasteiger partial charge in [0.2, 0.25) is 5.60 Å². The summed E-state index contributed by atoms with van der Waals surface area (Å²) in [6.07, 6.45) is 13.3. The molecule has 7 atom stereocenters. The van der Waals surface area contributed by atoms with E-state index in [0.29, 0.717) is 17.7 Å². The Kier molecular flexibility index (Phi) is 19.4. The number of nitrogens with two attached hydrogens (primary N) is 1. The molecule has 320 valence electrons. The highest BCUT2D eigenvalue weighted by molar-refractivity contribution is 7.47. The number of unbranched alkanes of at least 4 members (excludes halogenated alkanes) is 14. The number of ether oxygens (including phenoxy) is 3. The molecule has 3 aromatic rings. The number of hydrogen-bond acceptors (Lipinski definition) is 13. The van der Waals surface area contributed by atoms with E-state index < -0.39 is 63.0 Å². The third kappa shape index (κ3) is 14.0. The largest absolute Gasteiger partial charge is 0.472 e. The van der Waals surface area contributed by atoms with Crippen LogP contribution in [0.4, 0.5) is 10.2 Å². The standard InChI is InChI=1S/C41H60FN6O9P/c1-3-4-5-6-7-8-9-10-11-12-13-14-15-16-17-20-53-30(2)36(54-25-32-21-31(24-43)22-33(42)23-32)26-55-58(51,52)56-28-41(27-44)39(50)37(49)38(57-41)34-18-19-35-40(45)46-29-47-48(34)35/h18-19,21-23,29-30,36-39,49-50H,3-17,20,25-26,28H2,1-2H3,(H,51,52)(H2,45,46,47)/t30-,36-,37-,38-,39-,41+/m0/s1. The molecule has 0 bridgehead atoms. The number of aliphatic hydroxyl groups excluding tert-OH is 2. The molecule has 1 aromatic carbocycles. The van der Waals surface area contributed by atoms with Crippen LogP contribution in [0.15, 0.2) is 36.7 Å². The highest BCUT2D eigenvalue weighted by Crippen LogP contribution is 2.48. The third-order valence-corrected chi connectivity index (χ3v) is 11.4. The molecule has 1 unspecified atom stereocenters. The number of halogens is 1. The van der Waals surface area contributed by atoms with Gasteiger partial charge in [0, 0.05) is 6.61 Å². The van der Waals surface area contributed by atoms with Gasteiger partial charge in [0.05, 0.1) is 36.6 Å². The van der Waals surface area contributed by atoms with Crippen molar-refractivity contribution in [1.82, 2.24) is 14.6 Å². The van der Waals surface area contributed by atoms with E-state index >= 15 is 0 Å². The van der Waals surface area contributed by atoms with Crippen LogP contribution in [0.1, 0.15) is 133 Å². The van der Waals surface area contributed by atoms with Crippen molar-refractivity contribution in [2.45, 2.75) is 153 Å². The summed E-state index contributed by atoms with van der Waals surface area (Å²) in [5.41, 5.74) is 4.74. The zero-order valence-corrected chi connectivity index (χ0v) is 34.6. The molecule has 0 saturated carbocycles. The van der Waals surface area contributed by atoms with Crippen LogP contribution in [0.5, 0.6) is 0 Å². The molecule has 1 saturated heterocycles. The minimum absolute atomic E-state index is 0.106. The Labute approximate surface area is 340 Å². The maximum absolute atomic E-state index is 14.1. The number of aromatic nitrogens is 3. The predicted molar refractivity (Wildman–Crippen MR) is 213 cm³/mol. The van der Waals surface area contributed by atoms with Gasteiger partial charge in [0.15, 0.2) is 5.82 Å². The van der Waals surface area contributed by atoms with Crippen molar-refractivity contribution in [3.05, 3.63) is 59.3 Å². The van der Waals surface area contributed by atoms with Crippen molar-refractivity contribution in [2.24, 2.45) is 0 Å². The fourth-order valence-corrected chi connectivity index (χ4v) is 7.79. The first-order chi connectivity index (χ1) is 27.9. The summed E-state index contributed by atoms with van der Waals surface area (Å²) in [7, 11) is -4.95. The Hall–Kier alpha value is -3.54. The summed E-state index contributed by atoms with van der Waals surface area (Å²) in [5.74, 6) is -0.466. The lowest BCUT2D eigenvalue weighted by Crippen LogP contribution is -2.45. The van der Waals surface area contributed by atoms with Crippen molar-refractivity contribution >= 4 is 19.2 Å². The summed E-state index contributed by atoms with van der Waals surface area (Å²) < 4.78 is 57.0. The van der Waals surface area contributed by atoms with Gasteiger partial charge in [-0.2, -0.15) is 15.6 Å². The number of rotatable bonds is 28. The number of anilines is 1. The molecule has 3 heterocycles. The highest BCUT2D eigenvalue weighted by atomic mass is 31.2. The number of phosphoric ester groups is 1. The molecule has 58 heavy (non-hydrogen) atoms. The fraction of sp³-hybridized carbons (Fsp3) is 0.659. The molecule has 4 rings (SSSR count). The Morgan fingerprint density at radius 2 is 1.60 bits per heavy atom. The monoisotopic (exact) mass is 830 g/mol. The molecule has 2 aromatic heterocycles. The van der Waals surface area contributed by atoms with E-state index in [0.717, 1.165) is 25.3 Å². The minimum Gasteiger partial charge on any atom is -0.387 e. The summed E-state index contributed by atoms with van der Waals surface area (Å²) in [4.78, 5) is 14.6. The second kappa shape index (κ2) is 23.9. The van der Waals surface area contributed by atoms with Crippen LogP contribution in [-0.4, -0.2) is 79.5 Å². The van der Waals surface area contributed by atoms with E-state index in [9.17, 15) is 34.6 Å². The Bertz CT molecular complexity index is 1840. The summed E-state index contributed by atoms with van der Waals surface area (Å²) >= 11 is 0. The van der Waals surface area contributed by atoms with Crippen molar-refractivity contribution < 1.29 is 47.3 Å². The van der Waals surface area contributed by atoms with E-state index in [2.05, 4.69) is 17.0 Å². The van der Waals surface area contributed by atoms with E-state index in [1.54, 1.807) is 19.1 Å². The van der Waals surface area contributed by atoms with Crippen LogP contribution >= 0.6 is 7.82 Å². The SMILES string of the molecule is CCCCCCCCCCCCCCCCCO[C@@H](C)[C@H](COP(=O)(O)OC[C@@]1(C#N)O[C@@H](c2ccc3c(N)ncnn23)[C@H](O)[C@@H]1O)OCc1cc(F)cc(C#N)c1. The van der Waals surface area contributed by atoms with Crippen molar-refractivity contribution in [3.63, 3.8) is 0 Å². The van der Waals surface area contributed by atoms with Gasteiger partial charge < -0.3 is 35.1 Å². The van der Waals surface area contributed by atoms with Gasteiger partial charge >= 0.3 is 7.82 Å². The number of hydrogen-bond donors (Lipinski definition) is 4. The Balaban J connectivity index is 1.26. The van der Waals surface area contributed by atoms with Crippen LogP contribution < -0.4 is 5.73 Å². The molecule has 15 nitrogen and oxygen atoms in total. The Morgan fingerprint density at radius 3 is 2.22 bits per heavy atom. The van der Waals surface area contributed by atoms with Gasteiger partial charge in [-0.1, -0.05) is 96.8 Å². The minimum atomic E-state index is -4.95. The zero-order valence-electron chi connectivity index (χ0n) is 33.7. The topological polar surface area (TPSA) is 228 Å². The fourth-order valence-electron chi connectivity index (χ4n) is 7.03. The number of nitrogens with zero attached hydrogens (tertiary/aromatic N) is 5. The van der Waals surface area contributed by atoms with Crippen LogP contribution in [0, 0.1) is 28.5 Å². The lowest BCUT2D eigenvalue weighted by atomic mass is 9.96. The van der Waals surface area contributed by atoms with Crippen LogP contribution in [-0.2, 0) is 34.4 Å². The first-order valence-electron chi connectivity index (χ1n) is 20.5.